The van der Waals surface area contributed by atoms with Crippen LogP contribution in [0.3, 0.4) is 0 Å². The smallest absolute Gasteiger partial charge is 0.246 e. The van der Waals surface area contributed by atoms with Gasteiger partial charge in [0.1, 0.15) is 18.0 Å². The van der Waals surface area contributed by atoms with E-state index in [1.165, 1.54) is 23.1 Å². The molecular formula is C28H34F2N8O2. The Balaban J connectivity index is 1.11. The molecule has 40 heavy (non-hydrogen) atoms. The van der Waals surface area contributed by atoms with E-state index in [-0.39, 0.29) is 5.69 Å². The second-order valence-corrected chi connectivity index (χ2v) is 10.9. The third kappa shape index (κ3) is 5.36. The minimum atomic E-state index is -0.660. The lowest BCUT2D eigenvalue weighted by molar-refractivity contribution is -0.0661. The van der Waals surface area contributed by atoms with E-state index in [9.17, 15) is 8.78 Å². The van der Waals surface area contributed by atoms with Crippen LogP contribution in [0.4, 0.5) is 31.8 Å². The topological polar surface area (TPSA) is 74.2 Å². The van der Waals surface area contributed by atoms with Gasteiger partial charge in [-0.15, -0.1) is 5.10 Å². The molecule has 212 valence electrons. The largest absolute Gasteiger partial charge is 0.378 e. The Labute approximate surface area is 232 Å². The zero-order chi connectivity index (χ0) is 27.1. The lowest BCUT2D eigenvalue weighted by atomic mass is 10.1. The van der Waals surface area contributed by atoms with Crippen LogP contribution in [-0.2, 0) is 9.47 Å². The van der Waals surface area contributed by atoms with Crippen LogP contribution in [0.15, 0.2) is 42.7 Å². The van der Waals surface area contributed by atoms with Gasteiger partial charge in [-0.05, 0) is 30.3 Å². The van der Waals surface area contributed by atoms with Crippen molar-refractivity contribution in [3.8, 4) is 5.69 Å². The lowest BCUT2D eigenvalue weighted by Crippen LogP contribution is -2.57. The van der Waals surface area contributed by atoms with E-state index >= 15 is 0 Å². The molecule has 0 atom stereocenters. The number of ether oxygens (including phenoxy) is 2. The van der Waals surface area contributed by atoms with Crippen LogP contribution in [0.1, 0.15) is 0 Å². The molecule has 1 N–H and O–H groups in total. The maximum atomic E-state index is 13.7. The Hall–Kier alpha value is -3.32. The van der Waals surface area contributed by atoms with Crippen LogP contribution in [0.2, 0.25) is 0 Å². The third-order valence-electron chi connectivity index (χ3n) is 8.39. The molecule has 0 spiro atoms. The molecule has 5 heterocycles. The standard InChI is InChI=1S/C28H34F2N8O2/c29-20-9-21(30)11-25(10-20)38-19-31-28(33-38)32-22-12-23(34-1-5-36(6-2-34)26-15-39-16-26)14-24(13-22)35-3-7-37(8-4-35)27-17-40-18-27/h9-14,19,26-27H,1-8,15-18H2,(H,32,33). The molecule has 0 unspecified atom stereocenters. The number of piperazine rings is 2. The van der Waals surface area contributed by atoms with Gasteiger partial charge >= 0.3 is 0 Å². The maximum absolute atomic E-state index is 13.7. The average Bonchev–Trinajstić information content (AvgIpc) is 3.35. The van der Waals surface area contributed by atoms with Gasteiger partial charge in [0.15, 0.2) is 0 Å². The van der Waals surface area contributed by atoms with Gasteiger partial charge in [-0.25, -0.2) is 13.5 Å². The number of hydrogen-bond acceptors (Lipinski definition) is 9. The van der Waals surface area contributed by atoms with Gasteiger partial charge in [-0.3, -0.25) is 9.80 Å². The number of aromatic nitrogens is 3. The molecule has 10 nitrogen and oxygen atoms in total. The highest BCUT2D eigenvalue weighted by Gasteiger charge is 2.31. The highest BCUT2D eigenvalue weighted by molar-refractivity contribution is 5.71. The minimum absolute atomic E-state index is 0.275. The monoisotopic (exact) mass is 552 g/mol. The Bertz CT molecular complexity index is 1260. The number of halogens is 2. The van der Waals surface area contributed by atoms with Gasteiger partial charge in [0.25, 0.3) is 0 Å². The van der Waals surface area contributed by atoms with Crippen molar-refractivity contribution < 1.29 is 18.3 Å². The lowest BCUT2D eigenvalue weighted by Gasteiger charge is -2.44. The molecule has 0 radical (unpaired) electrons. The molecule has 4 saturated heterocycles. The number of rotatable bonds is 7. The van der Waals surface area contributed by atoms with E-state index < -0.39 is 11.6 Å². The summed E-state index contributed by atoms with van der Waals surface area (Å²) in [5.41, 5.74) is 3.47. The second-order valence-electron chi connectivity index (χ2n) is 10.9. The molecule has 3 aromatic rings. The average molecular weight is 553 g/mol. The Morgan fingerprint density at radius 3 is 1.65 bits per heavy atom. The summed E-state index contributed by atoms with van der Waals surface area (Å²) in [6.07, 6.45) is 1.45. The van der Waals surface area contributed by atoms with E-state index in [0.717, 1.165) is 102 Å². The van der Waals surface area contributed by atoms with Gasteiger partial charge in [-0.2, -0.15) is 4.98 Å². The normalized spacial score (nSPS) is 21.4. The first kappa shape index (κ1) is 25.6. The van der Waals surface area contributed by atoms with Crippen molar-refractivity contribution in [1.29, 1.82) is 0 Å². The number of anilines is 4. The van der Waals surface area contributed by atoms with Gasteiger partial charge in [-0.1, -0.05) is 0 Å². The molecule has 4 aliphatic rings. The molecular weight excluding hydrogens is 518 g/mol. The predicted octanol–water partition coefficient (Wildman–Crippen LogP) is 2.33. The second kappa shape index (κ2) is 10.9. The highest BCUT2D eigenvalue weighted by atomic mass is 19.1. The summed E-state index contributed by atoms with van der Waals surface area (Å²) in [5.74, 6) is -0.961. The summed E-state index contributed by atoms with van der Waals surface area (Å²) in [4.78, 5) is 14.3. The molecule has 0 aliphatic carbocycles. The highest BCUT2D eigenvalue weighted by Crippen LogP contribution is 2.31. The van der Waals surface area contributed by atoms with Crippen LogP contribution in [-0.4, -0.2) is 115 Å². The number of benzene rings is 2. The Morgan fingerprint density at radius 1 is 0.650 bits per heavy atom. The number of nitrogens with zero attached hydrogens (tertiary/aromatic N) is 7. The Kier molecular flexibility index (Phi) is 7.00. The number of hydrogen-bond donors (Lipinski definition) is 1. The summed E-state index contributed by atoms with van der Waals surface area (Å²) >= 11 is 0. The van der Waals surface area contributed by atoms with Gasteiger partial charge < -0.3 is 24.6 Å². The van der Waals surface area contributed by atoms with Crippen molar-refractivity contribution in [3.05, 3.63) is 54.4 Å². The van der Waals surface area contributed by atoms with Crippen molar-refractivity contribution in [2.24, 2.45) is 0 Å². The van der Waals surface area contributed by atoms with E-state index in [1.807, 2.05) is 0 Å². The summed E-state index contributed by atoms with van der Waals surface area (Å²) in [6, 6.07) is 11.0. The molecule has 12 heteroatoms. The maximum Gasteiger partial charge on any atom is 0.246 e. The summed E-state index contributed by atoms with van der Waals surface area (Å²) in [6.45, 7) is 11.2. The van der Waals surface area contributed by atoms with Crippen molar-refractivity contribution >= 4 is 23.0 Å². The molecule has 0 saturated carbocycles. The van der Waals surface area contributed by atoms with Crippen LogP contribution in [0.25, 0.3) is 5.69 Å². The fraction of sp³-hybridized carbons (Fsp3) is 0.500. The fourth-order valence-corrected chi connectivity index (χ4v) is 5.84. The first-order chi connectivity index (χ1) is 19.6. The van der Waals surface area contributed by atoms with Crippen LogP contribution < -0.4 is 15.1 Å². The van der Waals surface area contributed by atoms with Gasteiger partial charge in [0.2, 0.25) is 5.95 Å². The SMILES string of the molecule is Fc1cc(F)cc(-n2cnc(Nc3cc(N4CCN(C5COC5)CC4)cc(N4CCN(C5COC5)CC4)c3)n2)c1. The molecule has 0 amide bonds. The van der Waals surface area contributed by atoms with E-state index in [2.05, 4.69) is 53.2 Å². The molecule has 0 bridgehead atoms. The number of nitrogens with one attached hydrogen (secondary N) is 1. The molecule has 2 aromatic carbocycles. The van der Waals surface area contributed by atoms with Crippen molar-refractivity contribution in [3.63, 3.8) is 0 Å². The Morgan fingerprint density at radius 2 is 1.18 bits per heavy atom. The van der Waals surface area contributed by atoms with Gasteiger partial charge in [0.05, 0.1) is 44.2 Å². The first-order valence-corrected chi connectivity index (χ1v) is 14.0. The molecule has 4 aliphatic heterocycles. The summed E-state index contributed by atoms with van der Waals surface area (Å²) in [5, 5.41) is 7.76. The van der Waals surface area contributed by atoms with Gasteiger partial charge in [0, 0.05) is 75.5 Å². The fourth-order valence-electron chi connectivity index (χ4n) is 5.84. The zero-order valence-electron chi connectivity index (χ0n) is 22.4. The van der Waals surface area contributed by atoms with Crippen LogP contribution in [0, 0.1) is 11.6 Å². The first-order valence-electron chi connectivity index (χ1n) is 14.0. The van der Waals surface area contributed by atoms with Crippen LogP contribution in [0.5, 0.6) is 0 Å². The zero-order valence-corrected chi connectivity index (χ0v) is 22.4. The van der Waals surface area contributed by atoms with E-state index in [0.29, 0.717) is 18.0 Å². The summed E-state index contributed by atoms with van der Waals surface area (Å²) < 4.78 is 39.7. The van der Waals surface area contributed by atoms with E-state index in [1.54, 1.807) is 0 Å². The van der Waals surface area contributed by atoms with Crippen molar-refractivity contribution in [2.75, 3.05) is 93.9 Å². The molecule has 7 rings (SSSR count). The van der Waals surface area contributed by atoms with Crippen molar-refractivity contribution in [1.82, 2.24) is 24.6 Å². The minimum Gasteiger partial charge on any atom is -0.378 e. The van der Waals surface area contributed by atoms with E-state index in [4.69, 9.17) is 9.47 Å². The van der Waals surface area contributed by atoms with Crippen LogP contribution >= 0.6 is 0 Å². The third-order valence-corrected chi connectivity index (χ3v) is 8.39. The molecule has 4 fully saturated rings. The summed E-state index contributed by atoms with van der Waals surface area (Å²) in [7, 11) is 0. The molecule has 1 aromatic heterocycles. The predicted molar refractivity (Wildman–Crippen MR) is 148 cm³/mol. The van der Waals surface area contributed by atoms with Crippen molar-refractivity contribution in [2.45, 2.75) is 12.1 Å². The quantitative estimate of drug-likeness (QED) is 0.476.